The molecule has 1 aliphatic rings. The zero-order valence-corrected chi connectivity index (χ0v) is 15.0. The number of hydrogen-bond donors (Lipinski definition) is 2. The third-order valence-corrected chi connectivity index (χ3v) is 5.04. The van der Waals surface area contributed by atoms with E-state index in [1.165, 1.54) is 11.5 Å². The topological polar surface area (TPSA) is 84.0 Å². The van der Waals surface area contributed by atoms with Gasteiger partial charge in [0.25, 0.3) is 11.5 Å². The first-order chi connectivity index (χ1) is 13.1. The molecule has 0 unspecified atom stereocenters. The van der Waals surface area contributed by atoms with E-state index in [-0.39, 0.29) is 11.3 Å². The fourth-order valence-corrected chi connectivity index (χ4v) is 3.63. The van der Waals surface area contributed by atoms with Crippen LogP contribution in [0.3, 0.4) is 0 Å². The second-order valence-corrected chi connectivity index (χ2v) is 6.86. The summed E-state index contributed by atoms with van der Waals surface area (Å²) >= 11 is 0. The summed E-state index contributed by atoms with van der Waals surface area (Å²) in [4.78, 5) is 39.3. The summed E-state index contributed by atoms with van der Waals surface area (Å²) in [6, 6.07) is 11.7. The molecule has 4 rings (SSSR count). The number of ketones is 1. The third kappa shape index (κ3) is 3.43. The number of Topliss-reactive ketones (excluding diaryl/α,β-unsaturated/α-hetero) is 1. The molecule has 2 N–H and O–H groups in total. The Morgan fingerprint density at radius 2 is 2.00 bits per heavy atom. The van der Waals surface area contributed by atoms with Crippen LogP contribution in [-0.2, 0) is 13.0 Å². The number of nitrogens with zero attached hydrogens (tertiary/aromatic N) is 1. The molecule has 1 amide bonds. The molecule has 0 fully saturated rings. The predicted molar refractivity (Wildman–Crippen MR) is 103 cm³/mol. The van der Waals surface area contributed by atoms with Crippen LogP contribution in [0.2, 0.25) is 0 Å². The molecule has 1 aliphatic carbocycles. The minimum Gasteiger partial charge on any atom is -0.352 e. The van der Waals surface area contributed by atoms with Crippen molar-refractivity contribution < 1.29 is 9.59 Å². The van der Waals surface area contributed by atoms with Gasteiger partial charge in [0.15, 0.2) is 5.78 Å². The van der Waals surface area contributed by atoms with Crippen LogP contribution in [0.25, 0.3) is 10.9 Å². The number of carbonyl (C=O) groups excluding carboxylic acids is 2. The second-order valence-electron chi connectivity index (χ2n) is 6.86. The lowest BCUT2D eigenvalue weighted by Gasteiger charge is -2.15. The van der Waals surface area contributed by atoms with Crippen LogP contribution in [0.5, 0.6) is 0 Å². The second kappa shape index (κ2) is 7.23. The number of nitrogens with one attached hydrogen (secondary N) is 2. The van der Waals surface area contributed by atoms with Crippen LogP contribution in [-0.4, -0.2) is 27.8 Å². The van der Waals surface area contributed by atoms with E-state index in [0.29, 0.717) is 30.6 Å². The normalized spacial score (nSPS) is 13.6. The van der Waals surface area contributed by atoms with Crippen molar-refractivity contribution in [3.05, 3.63) is 69.8 Å². The number of pyridine rings is 1. The highest BCUT2D eigenvalue weighted by atomic mass is 16.2. The number of aromatic nitrogens is 2. The first-order valence-electron chi connectivity index (χ1n) is 9.25. The summed E-state index contributed by atoms with van der Waals surface area (Å²) in [6.07, 6.45) is 4.65. The van der Waals surface area contributed by atoms with Crippen LogP contribution in [0.4, 0.5) is 0 Å². The van der Waals surface area contributed by atoms with Gasteiger partial charge in [-0.1, -0.05) is 18.2 Å². The van der Waals surface area contributed by atoms with Crippen LogP contribution in [0, 0.1) is 0 Å². The fraction of sp³-hybridized carbons (Fsp3) is 0.286. The van der Waals surface area contributed by atoms with Gasteiger partial charge in [0, 0.05) is 42.5 Å². The fourth-order valence-electron chi connectivity index (χ4n) is 3.63. The molecule has 0 atom stereocenters. The molecule has 27 heavy (non-hydrogen) atoms. The van der Waals surface area contributed by atoms with Crippen molar-refractivity contribution in [1.82, 2.24) is 14.9 Å². The smallest absolute Gasteiger partial charge is 0.261 e. The monoisotopic (exact) mass is 363 g/mol. The Morgan fingerprint density at radius 1 is 1.15 bits per heavy atom. The van der Waals surface area contributed by atoms with Gasteiger partial charge in [-0.15, -0.1) is 0 Å². The van der Waals surface area contributed by atoms with Crippen molar-refractivity contribution >= 4 is 22.6 Å². The number of rotatable bonds is 5. The molecule has 0 spiro atoms. The SMILES string of the molecule is O=C1CCCc2[nH]c(=O)c(C(=O)NCCCn3ccc4ccccc43)cc21. The standard InChI is InChI=1S/C21H21N3O3/c25-19-8-3-6-17-15(19)13-16(21(27)23-17)20(26)22-10-4-11-24-12-9-14-5-1-2-7-18(14)24/h1-2,5,7,9,12-13H,3-4,6,8,10-11H2,(H,22,26)(H,23,27). The molecule has 2 heterocycles. The van der Waals surface area contributed by atoms with Gasteiger partial charge in [-0.25, -0.2) is 0 Å². The molecule has 6 nitrogen and oxygen atoms in total. The van der Waals surface area contributed by atoms with E-state index in [2.05, 4.69) is 33.1 Å². The van der Waals surface area contributed by atoms with Gasteiger partial charge in [-0.2, -0.15) is 0 Å². The number of amides is 1. The zero-order valence-electron chi connectivity index (χ0n) is 15.0. The lowest BCUT2D eigenvalue weighted by atomic mass is 9.93. The lowest BCUT2D eigenvalue weighted by molar-refractivity contribution is 0.0951. The number of aromatic amines is 1. The Labute approximate surface area is 156 Å². The summed E-state index contributed by atoms with van der Waals surface area (Å²) in [5.74, 6) is -0.448. The summed E-state index contributed by atoms with van der Waals surface area (Å²) in [5.41, 5.74) is 1.86. The number of fused-ring (bicyclic) bond motifs is 2. The van der Waals surface area contributed by atoms with Crippen LogP contribution < -0.4 is 10.9 Å². The highest BCUT2D eigenvalue weighted by Gasteiger charge is 2.21. The van der Waals surface area contributed by atoms with E-state index < -0.39 is 11.5 Å². The summed E-state index contributed by atoms with van der Waals surface area (Å²) in [5, 5.41) is 3.98. The number of carbonyl (C=O) groups is 2. The Kier molecular flexibility index (Phi) is 4.62. The summed E-state index contributed by atoms with van der Waals surface area (Å²) in [6.45, 7) is 1.22. The minimum absolute atomic E-state index is 0.00964. The average Bonchev–Trinajstić information content (AvgIpc) is 3.08. The van der Waals surface area contributed by atoms with Gasteiger partial charge in [0.05, 0.1) is 0 Å². The number of hydrogen-bond acceptors (Lipinski definition) is 3. The quantitative estimate of drug-likeness (QED) is 0.684. The van der Waals surface area contributed by atoms with Crippen LogP contribution in [0.15, 0.2) is 47.4 Å². The van der Waals surface area contributed by atoms with E-state index in [9.17, 15) is 14.4 Å². The maximum atomic E-state index is 12.4. The Morgan fingerprint density at radius 3 is 2.89 bits per heavy atom. The van der Waals surface area contributed by atoms with Crippen LogP contribution >= 0.6 is 0 Å². The average molecular weight is 363 g/mol. The first-order valence-corrected chi connectivity index (χ1v) is 9.25. The molecular weight excluding hydrogens is 342 g/mol. The third-order valence-electron chi connectivity index (χ3n) is 5.04. The molecule has 0 saturated heterocycles. The summed E-state index contributed by atoms with van der Waals surface area (Å²) < 4.78 is 2.14. The highest BCUT2D eigenvalue weighted by Crippen LogP contribution is 2.19. The zero-order chi connectivity index (χ0) is 18.8. The lowest BCUT2D eigenvalue weighted by Crippen LogP contribution is -2.32. The molecular formula is C21H21N3O3. The highest BCUT2D eigenvalue weighted by molar-refractivity contribution is 6.01. The number of H-pyrrole nitrogens is 1. The Balaban J connectivity index is 1.39. The molecule has 138 valence electrons. The maximum absolute atomic E-state index is 12.4. The van der Waals surface area contributed by atoms with Gasteiger partial charge in [-0.05, 0) is 42.8 Å². The molecule has 2 aromatic heterocycles. The molecule has 0 aliphatic heterocycles. The molecule has 0 bridgehead atoms. The largest absolute Gasteiger partial charge is 0.352 e. The van der Waals surface area contributed by atoms with Gasteiger partial charge in [-0.3, -0.25) is 14.4 Å². The first kappa shape index (κ1) is 17.3. The predicted octanol–water partition coefficient (Wildman–Crippen LogP) is 2.67. The van der Waals surface area contributed by atoms with Crippen molar-refractivity contribution in [2.24, 2.45) is 0 Å². The molecule has 6 heteroatoms. The van der Waals surface area contributed by atoms with E-state index in [1.807, 2.05) is 18.3 Å². The van der Waals surface area contributed by atoms with Gasteiger partial charge >= 0.3 is 0 Å². The van der Waals surface area contributed by atoms with Gasteiger partial charge in [0.2, 0.25) is 0 Å². The van der Waals surface area contributed by atoms with Crippen molar-refractivity contribution in [3.63, 3.8) is 0 Å². The minimum atomic E-state index is -0.435. The number of benzene rings is 1. The van der Waals surface area contributed by atoms with Crippen molar-refractivity contribution in [2.75, 3.05) is 6.54 Å². The molecule has 1 aromatic carbocycles. The van der Waals surface area contributed by atoms with Crippen molar-refractivity contribution in [3.8, 4) is 0 Å². The van der Waals surface area contributed by atoms with Crippen molar-refractivity contribution in [1.29, 1.82) is 0 Å². The Hall–Kier alpha value is -3.15. The van der Waals surface area contributed by atoms with Gasteiger partial charge < -0.3 is 14.9 Å². The molecule has 0 saturated carbocycles. The van der Waals surface area contributed by atoms with E-state index in [1.54, 1.807) is 0 Å². The van der Waals surface area contributed by atoms with Gasteiger partial charge in [0.1, 0.15) is 5.56 Å². The van der Waals surface area contributed by atoms with E-state index in [4.69, 9.17) is 0 Å². The van der Waals surface area contributed by atoms with Crippen LogP contribution in [0.1, 0.15) is 45.7 Å². The number of para-hydroxylation sites is 1. The number of aryl methyl sites for hydroxylation is 2. The van der Waals surface area contributed by atoms with E-state index >= 15 is 0 Å². The Bertz CT molecular complexity index is 1080. The molecule has 0 radical (unpaired) electrons. The molecule has 3 aromatic rings. The van der Waals surface area contributed by atoms with E-state index in [0.717, 1.165) is 24.9 Å². The summed E-state index contributed by atoms with van der Waals surface area (Å²) in [7, 11) is 0. The maximum Gasteiger partial charge on any atom is 0.261 e. The van der Waals surface area contributed by atoms with Crippen molar-refractivity contribution in [2.45, 2.75) is 32.2 Å².